The van der Waals surface area contributed by atoms with Gasteiger partial charge in [-0.25, -0.2) is 17.6 Å². The van der Waals surface area contributed by atoms with Crippen molar-refractivity contribution in [1.29, 1.82) is 10.5 Å². The van der Waals surface area contributed by atoms with Crippen LogP contribution in [0.3, 0.4) is 0 Å². The third kappa shape index (κ3) is 6.01. The molecular formula is C30H10F14N4S2. The summed E-state index contributed by atoms with van der Waals surface area (Å²) in [6.45, 7) is 14.6. The molecular weight excluding hydrogens is 746 g/mol. The minimum atomic E-state index is -11.0. The minimum absolute atomic E-state index is 0.133. The van der Waals surface area contributed by atoms with Crippen LogP contribution in [0, 0.1) is 59.1 Å². The van der Waals surface area contributed by atoms with E-state index in [9.17, 15) is 66.9 Å². The van der Waals surface area contributed by atoms with Crippen LogP contribution in [-0.2, 0) is 12.8 Å². The highest BCUT2D eigenvalue weighted by Crippen LogP contribution is 3.03. The lowest BCUT2D eigenvalue weighted by atomic mass is 9.87. The van der Waals surface area contributed by atoms with Gasteiger partial charge >= 0.3 is 26.3 Å². The van der Waals surface area contributed by atoms with Crippen molar-refractivity contribution >= 4 is 32.6 Å². The average molecular weight is 757 g/mol. The largest absolute Gasteiger partial charge is 0.522 e. The molecule has 2 aliphatic rings. The normalized spacial score (nSPS) is 16.4. The summed E-state index contributed by atoms with van der Waals surface area (Å²) in [6.07, 6.45) is 0.629. The summed E-state index contributed by atoms with van der Waals surface area (Å²) in [7, 11) is -22.0. The van der Waals surface area contributed by atoms with Crippen molar-refractivity contribution in [3.05, 3.63) is 114 Å². The topological polar surface area (TPSA) is 56.3 Å². The summed E-state index contributed by atoms with van der Waals surface area (Å²) in [4.78, 5) is -1.02. The van der Waals surface area contributed by atoms with E-state index < -0.39 is 105 Å². The van der Waals surface area contributed by atoms with E-state index in [-0.39, 0.29) is 51.8 Å². The van der Waals surface area contributed by atoms with Gasteiger partial charge in [0.25, 0.3) is 0 Å². The molecule has 0 bridgehead atoms. The first-order valence-electron chi connectivity index (χ1n) is 12.9. The standard InChI is InChI=1S/C30H10F14N4S2/c1-47-30(48-2)16-5-20-21(6-16)27(15-9-24(33)29(25(34)10-15)50(40,41,42,43)44)19-4-13(17(11-45)12-46)3-18(19)26(20)14-7-22(31)28(23(32)8-14)49(35,36,37,38)39/h3,6-10H,4-5H2. The van der Waals surface area contributed by atoms with Crippen LogP contribution in [0.25, 0.3) is 44.1 Å². The molecule has 0 aromatic heterocycles. The van der Waals surface area contributed by atoms with Crippen molar-refractivity contribution < 1.29 is 56.4 Å². The third-order valence-electron chi connectivity index (χ3n) is 7.55. The molecule has 0 spiro atoms. The quantitative estimate of drug-likeness (QED) is 0.151. The van der Waals surface area contributed by atoms with Gasteiger partial charge in [-0.3, -0.25) is 0 Å². The van der Waals surface area contributed by atoms with Crippen LogP contribution < -0.4 is 10.4 Å². The SMILES string of the molecule is [C-]#[N+]C([N+]#[C-])=C1C=c2c(c(-c3cc(F)c(S(F)(F)(F)(F)F)c(F)c3)c3c(c2-c2cc(F)c(S(F)(F)(F)(F)F)c(F)c2)CC(=C(C#N)C#N)C=3)C1. The first-order chi connectivity index (χ1) is 22.5. The summed E-state index contributed by atoms with van der Waals surface area (Å²) in [6, 6.07) is 2.47. The zero-order valence-electron chi connectivity index (χ0n) is 23.8. The van der Waals surface area contributed by atoms with E-state index in [1.807, 2.05) is 0 Å². The lowest BCUT2D eigenvalue weighted by molar-refractivity contribution is 0.341. The molecule has 0 aliphatic heterocycles. The second-order valence-corrected chi connectivity index (χ2v) is 15.5. The molecule has 3 aromatic carbocycles. The summed E-state index contributed by atoms with van der Waals surface area (Å²) < 4.78 is 195. The summed E-state index contributed by atoms with van der Waals surface area (Å²) in [5.74, 6) is -11.8. The fourth-order valence-corrected chi connectivity index (χ4v) is 7.57. The number of allylic oxidation sites excluding steroid dienone is 3. The Balaban J connectivity index is 2.02. The Kier molecular flexibility index (Phi) is 6.90. The van der Waals surface area contributed by atoms with Crippen molar-refractivity contribution in [3.8, 4) is 34.4 Å². The zero-order chi connectivity index (χ0) is 37.7. The third-order valence-corrected chi connectivity index (χ3v) is 9.88. The van der Waals surface area contributed by atoms with Crippen LogP contribution in [0.4, 0.5) is 56.4 Å². The molecule has 0 N–H and O–H groups in total. The summed E-state index contributed by atoms with van der Waals surface area (Å²) >= 11 is 0. The predicted octanol–water partition coefficient (Wildman–Crippen LogP) is 11.0. The average Bonchev–Trinajstić information content (AvgIpc) is 3.53. The number of rotatable bonds is 4. The van der Waals surface area contributed by atoms with Gasteiger partial charge in [0.1, 0.15) is 54.1 Å². The van der Waals surface area contributed by atoms with Crippen molar-refractivity contribution in [2.24, 2.45) is 0 Å². The van der Waals surface area contributed by atoms with Gasteiger partial charge in [-0.05, 0) is 86.2 Å². The molecule has 20 heteroatoms. The molecule has 0 unspecified atom stereocenters. The Labute approximate surface area is 270 Å². The fraction of sp³-hybridized carbons (Fsp3) is 0.0667. The molecule has 0 radical (unpaired) electrons. The number of fused-ring (bicyclic) bond motifs is 2. The first-order valence-corrected chi connectivity index (χ1v) is 16.8. The zero-order valence-corrected chi connectivity index (χ0v) is 25.4. The molecule has 2 aliphatic carbocycles. The van der Waals surface area contributed by atoms with E-state index in [2.05, 4.69) is 9.69 Å². The van der Waals surface area contributed by atoms with Gasteiger partial charge in [-0.15, -0.1) is 0 Å². The number of hydrogen-bond acceptors (Lipinski definition) is 2. The van der Waals surface area contributed by atoms with Gasteiger partial charge in [-0.2, -0.15) is 20.2 Å². The molecule has 4 nitrogen and oxygen atoms in total. The predicted molar refractivity (Wildman–Crippen MR) is 154 cm³/mol. The minimum Gasteiger partial charge on any atom is -0.205 e. The molecule has 3 aromatic rings. The van der Waals surface area contributed by atoms with Crippen LogP contribution in [0.15, 0.2) is 56.6 Å². The van der Waals surface area contributed by atoms with E-state index in [4.69, 9.17) is 13.1 Å². The van der Waals surface area contributed by atoms with Crippen molar-refractivity contribution in [3.63, 3.8) is 0 Å². The maximum atomic E-state index is 14.9. The number of halogens is 14. The van der Waals surface area contributed by atoms with E-state index in [1.165, 1.54) is 12.1 Å². The summed E-state index contributed by atoms with van der Waals surface area (Å²) in [5, 5.41) is 18.1. The molecule has 0 heterocycles. The molecule has 0 saturated heterocycles. The second-order valence-electron chi connectivity index (χ2n) is 10.8. The fourth-order valence-electron chi connectivity index (χ4n) is 5.86. The summed E-state index contributed by atoms with van der Waals surface area (Å²) in [5.41, 5.74) is -4.63. The van der Waals surface area contributed by atoms with Crippen molar-refractivity contribution in [2.75, 3.05) is 0 Å². The Hall–Kier alpha value is -5.44. The smallest absolute Gasteiger partial charge is 0.205 e. The number of nitriles is 2. The van der Waals surface area contributed by atoms with Gasteiger partial charge < -0.3 is 0 Å². The Morgan fingerprint density at radius 3 is 1.20 bits per heavy atom. The molecule has 0 fully saturated rings. The van der Waals surface area contributed by atoms with Gasteiger partial charge in [0.15, 0.2) is 9.79 Å². The maximum absolute atomic E-state index is 14.9. The maximum Gasteiger partial charge on any atom is 0.522 e. The van der Waals surface area contributed by atoms with E-state index in [0.29, 0.717) is 0 Å². The van der Waals surface area contributed by atoms with Gasteiger partial charge in [0, 0.05) is 6.42 Å². The van der Waals surface area contributed by atoms with Crippen LogP contribution in [0.1, 0.15) is 11.1 Å². The molecule has 0 amide bonds. The highest BCUT2D eigenvalue weighted by Gasteiger charge is 2.69. The van der Waals surface area contributed by atoms with E-state index >= 15 is 0 Å². The Bertz CT molecular complexity index is 2270. The second kappa shape index (κ2) is 9.62. The van der Waals surface area contributed by atoms with Crippen LogP contribution >= 0.6 is 20.4 Å². The van der Waals surface area contributed by atoms with Gasteiger partial charge in [-0.1, -0.05) is 44.9 Å². The molecule has 50 heavy (non-hydrogen) atoms. The molecule has 0 atom stereocenters. The number of hydrogen-bond donors (Lipinski definition) is 0. The number of benzene rings is 3. The molecule has 0 saturated carbocycles. The highest BCUT2D eigenvalue weighted by molar-refractivity contribution is 8.46. The van der Waals surface area contributed by atoms with Crippen molar-refractivity contribution in [1.82, 2.24) is 0 Å². The van der Waals surface area contributed by atoms with Crippen LogP contribution in [0.5, 0.6) is 0 Å². The Morgan fingerprint density at radius 1 is 0.580 bits per heavy atom. The van der Waals surface area contributed by atoms with Gasteiger partial charge in [0.05, 0.1) is 5.57 Å². The monoisotopic (exact) mass is 756 g/mol. The van der Waals surface area contributed by atoms with E-state index in [0.717, 1.165) is 12.2 Å². The first kappa shape index (κ1) is 35.9. The molecule has 5 rings (SSSR count). The lowest BCUT2D eigenvalue weighted by Gasteiger charge is -2.40. The van der Waals surface area contributed by atoms with Crippen LogP contribution in [-0.4, -0.2) is 0 Å². The van der Waals surface area contributed by atoms with E-state index in [1.54, 1.807) is 0 Å². The van der Waals surface area contributed by atoms with Crippen molar-refractivity contribution in [2.45, 2.75) is 22.6 Å². The van der Waals surface area contributed by atoms with Crippen LogP contribution in [0.2, 0.25) is 0 Å². The molecule has 260 valence electrons. The Morgan fingerprint density at radius 2 is 0.900 bits per heavy atom. The highest BCUT2D eigenvalue weighted by atomic mass is 32.5. The lowest BCUT2D eigenvalue weighted by Crippen LogP contribution is -2.23. The number of nitrogens with zero attached hydrogens (tertiary/aromatic N) is 4. The van der Waals surface area contributed by atoms with Gasteiger partial charge in [0.2, 0.25) is 0 Å².